The molecule has 0 aromatic rings. The highest BCUT2D eigenvalue weighted by molar-refractivity contribution is 14.1. The molecule has 2 saturated heterocycles. The first-order chi connectivity index (χ1) is 5.74. The van der Waals surface area contributed by atoms with Crippen LogP contribution in [-0.2, 0) is 14.2 Å². The van der Waals surface area contributed by atoms with Gasteiger partial charge in [0.25, 0.3) is 0 Å². The smallest absolute Gasteiger partial charge is 0.172 e. The van der Waals surface area contributed by atoms with Gasteiger partial charge in [0.15, 0.2) is 6.29 Å². The molecule has 5 heteroatoms. The second kappa shape index (κ2) is 3.38. The van der Waals surface area contributed by atoms with Crippen LogP contribution < -0.4 is 0 Å². The predicted molar refractivity (Wildman–Crippen MR) is 49.2 cm³/mol. The van der Waals surface area contributed by atoms with E-state index in [2.05, 4.69) is 22.6 Å². The molecule has 1 N–H and O–H groups in total. The van der Waals surface area contributed by atoms with Crippen LogP contribution in [0.4, 0.5) is 0 Å². The first kappa shape index (κ1) is 9.14. The fourth-order valence-electron chi connectivity index (χ4n) is 1.60. The molecule has 0 spiro atoms. The van der Waals surface area contributed by atoms with E-state index in [4.69, 9.17) is 14.2 Å². The van der Waals surface area contributed by atoms with Gasteiger partial charge in [-0.15, -0.1) is 0 Å². The molecule has 4 nitrogen and oxygen atoms in total. The molecular formula is C7H11IO4. The molecule has 70 valence electrons. The number of methoxy groups -OCH3 is 1. The first-order valence-electron chi connectivity index (χ1n) is 3.86. The zero-order chi connectivity index (χ0) is 8.72. The molecule has 0 unspecified atom stereocenters. The van der Waals surface area contributed by atoms with E-state index in [0.29, 0.717) is 6.61 Å². The molecule has 2 aliphatic rings. The molecule has 0 radical (unpaired) electrons. The van der Waals surface area contributed by atoms with Crippen molar-refractivity contribution in [1.29, 1.82) is 0 Å². The van der Waals surface area contributed by atoms with Gasteiger partial charge in [0.1, 0.15) is 18.3 Å². The van der Waals surface area contributed by atoms with Gasteiger partial charge in [-0.2, -0.15) is 0 Å². The fraction of sp³-hybridized carbons (Fsp3) is 1.00. The van der Waals surface area contributed by atoms with Gasteiger partial charge in [0.05, 0.1) is 10.5 Å². The lowest BCUT2D eigenvalue weighted by molar-refractivity contribution is -0.194. The lowest BCUT2D eigenvalue weighted by Gasteiger charge is -2.34. The average molecular weight is 286 g/mol. The van der Waals surface area contributed by atoms with E-state index in [-0.39, 0.29) is 22.4 Å². The van der Waals surface area contributed by atoms with Gasteiger partial charge in [-0.1, -0.05) is 22.6 Å². The van der Waals surface area contributed by atoms with Gasteiger partial charge < -0.3 is 19.3 Å². The molecule has 2 heterocycles. The largest absolute Gasteiger partial charge is 0.388 e. The Morgan fingerprint density at radius 2 is 2.33 bits per heavy atom. The van der Waals surface area contributed by atoms with Crippen molar-refractivity contribution in [3.8, 4) is 0 Å². The number of aliphatic hydroxyl groups excluding tert-OH is 1. The van der Waals surface area contributed by atoms with Crippen molar-refractivity contribution in [2.75, 3.05) is 13.7 Å². The zero-order valence-electron chi connectivity index (χ0n) is 6.64. The third-order valence-electron chi connectivity index (χ3n) is 2.29. The summed E-state index contributed by atoms with van der Waals surface area (Å²) in [6, 6.07) is 0. The number of hydrogen-bond donors (Lipinski definition) is 1. The second-order valence-electron chi connectivity index (χ2n) is 3.01. The Morgan fingerprint density at radius 3 is 3.00 bits per heavy atom. The summed E-state index contributed by atoms with van der Waals surface area (Å²) in [7, 11) is 1.60. The number of hydrogen-bond acceptors (Lipinski definition) is 4. The maximum absolute atomic E-state index is 9.58. The van der Waals surface area contributed by atoms with Crippen LogP contribution >= 0.6 is 22.6 Å². The Hall–Kier alpha value is 0.570. The number of halogens is 1. The van der Waals surface area contributed by atoms with Gasteiger partial charge >= 0.3 is 0 Å². The third-order valence-corrected chi connectivity index (χ3v) is 3.58. The van der Waals surface area contributed by atoms with Gasteiger partial charge in [-0.05, 0) is 0 Å². The molecule has 0 aromatic heterocycles. The summed E-state index contributed by atoms with van der Waals surface area (Å²) in [6.07, 6.45) is -1.06. The van der Waals surface area contributed by atoms with Crippen molar-refractivity contribution in [2.24, 2.45) is 0 Å². The van der Waals surface area contributed by atoms with Gasteiger partial charge in [0.2, 0.25) is 0 Å². The summed E-state index contributed by atoms with van der Waals surface area (Å²) in [5.74, 6) is 0. The summed E-state index contributed by atoms with van der Waals surface area (Å²) < 4.78 is 16.0. The number of rotatable bonds is 1. The molecule has 0 aromatic carbocycles. The summed E-state index contributed by atoms with van der Waals surface area (Å²) in [5.41, 5.74) is 0. The highest BCUT2D eigenvalue weighted by atomic mass is 127. The lowest BCUT2D eigenvalue weighted by atomic mass is 10.1. The van der Waals surface area contributed by atoms with Crippen LogP contribution in [-0.4, -0.2) is 47.3 Å². The number of fused-ring (bicyclic) bond motifs is 2. The summed E-state index contributed by atoms with van der Waals surface area (Å²) in [4.78, 5) is 0. The SMILES string of the molecule is CO[C@@H]1O[C@@H]2CO[C@@H]([C@@H]2O)[C@H]1I. The molecule has 0 aliphatic carbocycles. The minimum atomic E-state index is -0.488. The third kappa shape index (κ3) is 1.27. The summed E-state index contributed by atoms with van der Waals surface area (Å²) >= 11 is 2.19. The van der Waals surface area contributed by atoms with Gasteiger partial charge in [-0.25, -0.2) is 0 Å². The Labute approximate surface area is 84.3 Å². The Kier molecular flexibility index (Phi) is 2.57. The van der Waals surface area contributed by atoms with Crippen molar-refractivity contribution in [3.05, 3.63) is 0 Å². The average Bonchev–Trinajstić information content (AvgIpc) is 2.31. The van der Waals surface area contributed by atoms with E-state index >= 15 is 0 Å². The van der Waals surface area contributed by atoms with E-state index in [1.54, 1.807) is 7.11 Å². The molecule has 2 bridgehead atoms. The summed E-state index contributed by atoms with van der Waals surface area (Å²) in [5, 5.41) is 9.58. The van der Waals surface area contributed by atoms with E-state index in [9.17, 15) is 5.11 Å². The predicted octanol–water partition coefficient (Wildman–Crippen LogP) is -0.0790. The maximum atomic E-state index is 9.58. The molecule has 2 fully saturated rings. The monoisotopic (exact) mass is 286 g/mol. The minimum Gasteiger partial charge on any atom is -0.388 e. The van der Waals surface area contributed by atoms with Crippen LogP contribution in [0, 0.1) is 0 Å². The highest BCUT2D eigenvalue weighted by Crippen LogP contribution is 2.34. The van der Waals surface area contributed by atoms with Gasteiger partial charge in [0, 0.05) is 7.11 Å². The summed E-state index contributed by atoms with van der Waals surface area (Å²) in [6.45, 7) is 0.477. The van der Waals surface area contributed by atoms with Crippen LogP contribution in [0.5, 0.6) is 0 Å². The number of aliphatic hydroxyl groups is 1. The Morgan fingerprint density at radius 1 is 1.58 bits per heavy atom. The first-order valence-corrected chi connectivity index (χ1v) is 5.10. The Bertz CT molecular complexity index is 177. The molecule has 0 amide bonds. The van der Waals surface area contributed by atoms with Crippen LogP contribution in [0.2, 0.25) is 0 Å². The van der Waals surface area contributed by atoms with E-state index < -0.39 is 6.10 Å². The zero-order valence-corrected chi connectivity index (χ0v) is 8.80. The number of ether oxygens (including phenoxy) is 3. The van der Waals surface area contributed by atoms with E-state index in [1.165, 1.54) is 0 Å². The standard InChI is InChI=1S/C7H11IO4/c1-10-7-4(8)6-5(9)3(12-7)2-11-6/h3-7,9H,2H2,1H3/t3-,4-,5-,6-,7-/m1/s1. The maximum Gasteiger partial charge on any atom is 0.172 e. The molecular weight excluding hydrogens is 275 g/mol. The van der Waals surface area contributed by atoms with Crippen molar-refractivity contribution >= 4 is 22.6 Å². The van der Waals surface area contributed by atoms with Crippen molar-refractivity contribution in [3.63, 3.8) is 0 Å². The minimum absolute atomic E-state index is 0.0707. The molecule has 2 aliphatic heterocycles. The van der Waals surface area contributed by atoms with Crippen molar-refractivity contribution < 1.29 is 19.3 Å². The van der Waals surface area contributed by atoms with Gasteiger partial charge in [-0.3, -0.25) is 0 Å². The topological polar surface area (TPSA) is 47.9 Å². The van der Waals surface area contributed by atoms with E-state index in [0.717, 1.165) is 0 Å². The quantitative estimate of drug-likeness (QED) is 0.541. The molecule has 12 heavy (non-hydrogen) atoms. The lowest BCUT2D eigenvalue weighted by Crippen LogP contribution is -2.50. The van der Waals surface area contributed by atoms with Crippen LogP contribution in [0.25, 0.3) is 0 Å². The van der Waals surface area contributed by atoms with E-state index in [1.807, 2.05) is 0 Å². The van der Waals surface area contributed by atoms with Crippen LogP contribution in [0.15, 0.2) is 0 Å². The van der Waals surface area contributed by atoms with Crippen molar-refractivity contribution in [2.45, 2.75) is 28.5 Å². The second-order valence-corrected chi connectivity index (χ2v) is 4.45. The highest BCUT2D eigenvalue weighted by Gasteiger charge is 2.49. The molecule has 5 atom stereocenters. The Balaban J connectivity index is 2.12. The fourth-order valence-corrected chi connectivity index (χ4v) is 2.70. The normalized spacial score (nSPS) is 52.8. The number of alkyl halides is 1. The molecule has 2 rings (SSSR count). The van der Waals surface area contributed by atoms with Crippen LogP contribution in [0.1, 0.15) is 0 Å². The van der Waals surface area contributed by atoms with Crippen LogP contribution in [0.3, 0.4) is 0 Å². The molecule has 0 saturated carbocycles. The van der Waals surface area contributed by atoms with Crippen molar-refractivity contribution in [1.82, 2.24) is 0 Å².